The van der Waals surface area contributed by atoms with Gasteiger partial charge in [0.1, 0.15) is 12.4 Å². The summed E-state index contributed by atoms with van der Waals surface area (Å²) in [4.78, 5) is 18.9. The molecule has 0 radical (unpaired) electrons. The number of anilines is 1. The van der Waals surface area contributed by atoms with Crippen LogP contribution in [0.25, 0.3) is 0 Å². The normalized spacial score (nSPS) is 18.6. The van der Waals surface area contributed by atoms with Gasteiger partial charge in [-0.1, -0.05) is 36.4 Å². The average Bonchev–Trinajstić information content (AvgIpc) is 3.32. The third kappa shape index (κ3) is 5.19. The molecular formula is C24H27N3O2S. The zero-order valence-corrected chi connectivity index (χ0v) is 18.0. The Kier molecular flexibility index (Phi) is 6.64. The highest BCUT2D eigenvalue weighted by Crippen LogP contribution is 2.34. The highest BCUT2D eigenvalue weighted by atomic mass is 32.1. The number of carbonyl (C=O) groups excluding carboxylic acids is 1. The Morgan fingerprint density at radius 1 is 1.13 bits per heavy atom. The molecule has 1 aromatic heterocycles. The van der Waals surface area contributed by atoms with Crippen LogP contribution in [0.5, 0.6) is 5.75 Å². The number of ether oxygens (including phenoxy) is 1. The van der Waals surface area contributed by atoms with E-state index in [-0.39, 0.29) is 12.1 Å². The summed E-state index contributed by atoms with van der Waals surface area (Å²) in [5, 5.41) is 4.97. The van der Waals surface area contributed by atoms with Gasteiger partial charge < -0.3 is 15.0 Å². The molecular weight excluding hydrogens is 394 g/mol. The minimum atomic E-state index is -0.0742. The molecule has 0 saturated heterocycles. The second-order valence-corrected chi connectivity index (χ2v) is 8.47. The van der Waals surface area contributed by atoms with E-state index in [2.05, 4.69) is 40.6 Å². The van der Waals surface area contributed by atoms with Crippen LogP contribution in [0.15, 0.2) is 65.5 Å². The zero-order valence-electron chi connectivity index (χ0n) is 17.2. The number of amides is 2. The summed E-state index contributed by atoms with van der Waals surface area (Å²) in [6.45, 7) is 0.422. The molecule has 6 heteroatoms. The first-order valence-electron chi connectivity index (χ1n) is 10.4. The Labute approximate surface area is 181 Å². The number of urea groups is 1. The molecule has 0 bridgehead atoms. The molecule has 2 aromatic carbocycles. The van der Waals surface area contributed by atoms with Crippen molar-refractivity contribution in [3.63, 3.8) is 0 Å². The van der Waals surface area contributed by atoms with Gasteiger partial charge in [0, 0.05) is 30.2 Å². The molecule has 4 rings (SSSR count). The summed E-state index contributed by atoms with van der Waals surface area (Å²) < 4.78 is 5.78. The molecule has 1 fully saturated rings. The quantitative estimate of drug-likeness (QED) is 0.538. The summed E-state index contributed by atoms with van der Waals surface area (Å²) in [5.41, 5.74) is 4.84. The maximum atomic E-state index is 12.8. The number of rotatable bonds is 6. The molecule has 1 heterocycles. The van der Waals surface area contributed by atoms with Crippen LogP contribution in [-0.4, -0.2) is 29.0 Å². The first-order chi connectivity index (χ1) is 14.7. The first-order valence-corrected chi connectivity index (χ1v) is 11.3. The van der Waals surface area contributed by atoms with Crippen molar-refractivity contribution in [1.82, 2.24) is 9.88 Å². The standard InChI is InChI=1S/C24H27N3O2S/c1-27(22-12-10-19(11-13-22)18-6-3-2-4-7-18)24(28)26-20-8-5-9-23(14-20)29-15-21-16-30-17-25-21/h2-9,14,16-17,19,22H,10-13,15H2,1H3,(H,26,28). The number of benzene rings is 2. The molecule has 1 N–H and O–H groups in total. The van der Waals surface area contributed by atoms with Gasteiger partial charge in [-0.25, -0.2) is 9.78 Å². The fourth-order valence-electron chi connectivity index (χ4n) is 4.03. The van der Waals surface area contributed by atoms with E-state index < -0.39 is 0 Å². The van der Waals surface area contributed by atoms with E-state index in [0.29, 0.717) is 18.3 Å². The lowest BCUT2D eigenvalue weighted by atomic mass is 9.81. The molecule has 0 unspecified atom stereocenters. The lowest BCUT2D eigenvalue weighted by Gasteiger charge is -2.35. The van der Waals surface area contributed by atoms with Gasteiger partial charge in [-0.15, -0.1) is 11.3 Å². The van der Waals surface area contributed by atoms with Gasteiger partial charge in [0.05, 0.1) is 11.2 Å². The minimum Gasteiger partial charge on any atom is -0.487 e. The van der Waals surface area contributed by atoms with Crippen LogP contribution in [0.1, 0.15) is 42.9 Å². The molecule has 156 valence electrons. The summed E-state index contributed by atoms with van der Waals surface area (Å²) in [6, 6.07) is 18.4. The first kappa shape index (κ1) is 20.4. The van der Waals surface area contributed by atoms with Crippen LogP contribution >= 0.6 is 11.3 Å². The van der Waals surface area contributed by atoms with Crippen molar-refractivity contribution < 1.29 is 9.53 Å². The number of hydrogen-bond donors (Lipinski definition) is 1. The maximum Gasteiger partial charge on any atom is 0.321 e. The number of carbonyl (C=O) groups is 1. The summed E-state index contributed by atoms with van der Waals surface area (Å²) in [7, 11) is 1.89. The highest BCUT2D eigenvalue weighted by Gasteiger charge is 2.27. The smallest absolute Gasteiger partial charge is 0.321 e. The van der Waals surface area contributed by atoms with E-state index >= 15 is 0 Å². The second-order valence-electron chi connectivity index (χ2n) is 7.75. The summed E-state index contributed by atoms with van der Waals surface area (Å²) in [5.74, 6) is 1.32. The van der Waals surface area contributed by atoms with Crippen molar-refractivity contribution in [3.8, 4) is 5.75 Å². The minimum absolute atomic E-state index is 0.0742. The molecule has 0 spiro atoms. The molecule has 0 aliphatic heterocycles. The van der Waals surface area contributed by atoms with Gasteiger partial charge in [-0.3, -0.25) is 0 Å². The van der Waals surface area contributed by atoms with Gasteiger partial charge in [-0.2, -0.15) is 0 Å². The van der Waals surface area contributed by atoms with E-state index in [9.17, 15) is 4.79 Å². The Morgan fingerprint density at radius 3 is 2.67 bits per heavy atom. The number of nitrogens with one attached hydrogen (secondary N) is 1. The fourth-order valence-corrected chi connectivity index (χ4v) is 4.57. The zero-order chi connectivity index (χ0) is 20.8. The fraction of sp³-hybridized carbons (Fsp3) is 0.333. The predicted octanol–water partition coefficient (Wildman–Crippen LogP) is 5.91. The highest BCUT2D eigenvalue weighted by molar-refractivity contribution is 7.07. The molecule has 5 nitrogen and oxygen atoms in total. The molecule has 1 aliphatic rings. The second kappa shape index (κ2) is 9.76. The van der Waals surface area contributed by atoms with Gasteiger partial charge in [-0.05, 0) is 49.3 Å². The molecule has 0 atom stereocenters. The topological polar surface area (TPSA) is 54.5 Å². The van der Waals surface area contributed by atoms with E-state index in [1.54, 1.807) is 16.8 Å². The van der Waals surface area contributed by atoms with Crippen molar-refractivity contribution in [2.24, 2.45) is 0 Å². The summed E-state index contributed by atoms with van der Waals surface area (Å²) in [6.07, 6.45) is 4.29. The van der Waals surface area contributed by atoms with Crippen LogP contribution in [-0.2, 0) is 6.61 Å². The molecule has 1 aliphatic carbocycles. The molecule has 2 amide bonds. The van der Waals surface area contributed by atoms with Crippen molar-refractivity contribution in [2.75, 3.05) is 12.4 Å². The Balaban J connectivity index is 1.29. The Hall–Kier alpha value is -2.86. The molecule has 30 heavy (non-hydrogen) atoms. The lowest BCUT2D eigenvalue weighted by molar-refractivity contribution is 0.181. The van der Waals surface area contributed by atoms with Crippen LogP contribution in [0.4, 0.5) is 10.5 Å². The SMILES string of the molecule is CN(C(=O)Nc1cccc(OCc2cscn2)c1)C1CCC(c2ccccc2)CC1. The third-order valence-electron chi connectivity index (χ3n) is 5.79. The van der Waals surface area contributed by atoms with E-state index in [0.717, 1.165) is 37.1 Å². The Bertz CT molecular complexity index is 938. The largest absolute Gasteiger partial charge is 0.487 e. The van der Waals surface area contributed by atoms with Crippen molar-refractivity contribution in [2.45, 2.75) is 44.2 Å². The van der Waals surface area contributed by atoms with E-state index in [1.807, 2.05) is 41.6 Å². The van der Waals surface area contributed by atoms with Crippen molar-refractivity contribution >= 4 is 23.1 Å². The number of aromatic nitrogens is 1. The van der Waals surface area contributed by atoms with Gasteiger partial charge in [0.2, 0.25) is 0 Å². The number of nitrogens with zero attached hydrogens (tertiary/aromatic N) is 2. The van der Waals surface area contributed by atoms with Crippen LogP contribution in [0, 0.1) is 0 Å². The lowest BCUT2D eigenvalue weighted by Crippen LogP contribution is -2.41. The average molecular weight is 422 g/mol. The monoisotopic (exact) mass is 421 g/mol. The van der Waals surface area contributed by atoms with Gasteiger partial charge in [0.15, 0.2) is 0 Å². The van der Waals surface area contributed by atoms with E-state index in [4.69, 9.17) is 4.74 Å². The van der Waals surface area contributed by atoms with Gasteiger partial charge in [0.25, 0.3) is 0 Å². The maximum absolute atomic E-state index is 12.8. The summed E-state index contributed by atoms with van der Waals surface area (Å²) >= 11 is 1.55. The van der Waals surface area contributed by atoms with Gasteiger partial charge >= 0.3 is 6.03 Å². The Morgan fingerprint density at radius 2 is 1.93 bits per heavy atom. The predicted molar refractivity (Wildman–Crippen MR) is 121 cm³/mol. The van der Waals surface area contributed by atoms with E-state index in [1.165, 1.54) is 5.56 Å². The number of hydrogen-bond acceptors (Lipinski definition) is 4. The van der Waals surface area contributed by atoms with Crippen molar-refractivity contribution in [1.29, 1.82) is 0 Å². The van der Waals surface area contributed by atoms with Crippen LogP contribution < -0.4 is 10.1 Å². The number of thiazole rings is 1. The molecule has 3 aromatic rings. The van der Waals surface area contributed by atoms with Crippen molar-refractivity contribution in [3.05, 3.63) is 76.7 Å². The van der Waals surface area contributed by atoms with Crippen LogP contribution in [0.2, 0.25) is 0 Å². The third-order valence-corrected chi connectivity index (χ3v) is 6.43. The van der Waals surface area contributed by atoms with Crippen LogP contribution in [0.3, 0.4) is 0 Å². The molecule has 1 saturated carbocycles.